The van der Waals surface area contributed by atoms with E-state index < -0.39 is 10.8 Å². The normalized spacial score (nSPS) is 10.1. The molecule has 1 aromatic heterocycles. The zero-order valence-corrected chi connectivity index (χ0v) is 11.2. The number of carbonyl (C=O) groups excluding carboxylic acids is 1. The Morgan fingerprint density at radius 3 is 2.70 bits per heavy atom. The van der Waals surface area contributed by atoms with Crippen molar-refractivity contribution in [2.45, 2.75) is 6.92 Å². The Morgan fingerprint density at radius 2 is 2.10 bits per heavy atom. The highest BCUT2D eigenvalue weighted by molar-refractivity contribution is 6.32. The average Bonchev–Trinajstić information content (AvgIpc) is 2.41. The number of aromatic nitrogens is 1. The molecule has 0 spiro atoms. The Hall–Kier alpha value is -2.47. The maximum atomic E-state index is 12.0. The summed E-state index contributed by atoms with van der Waals surface area (Å²) in [7, 11) is 0. The van der Waals surface area contributed by atoms with Crippen molar-refractivity contribution in [3.05, 3.63) is 62.8 Å². The molecular weight excluding hydrogens is 282 g/mol. The summed E-state index contributed by atoms with van der Waals surface area (Å²) in [5.41, 5.74) is 0.796. The fourth-order valence-corrected chi connectivity index (χ4v) is 1.71. The van der Waals surface area contributed by atoms with E-state index in [2.05, 4.69) is 10.3 Å². The number of anilines is 1. The molecule has 0 saturated heterocycles. The molecule has 0 aliphatic carbocycles. The van der Waals surface area contributed by atoms with Crippen molar-refractivity contribution in [2.75, 3.05) is 5.32 Å². The standard InChI is InChI=1S/C13H10ClN3O3/c1-8-2-5-12(15-7-8)16-13(18)9-3-4-10(14)11(6-9)17(19)20/h2-7H,1H3,(H,15,16,18). The monoisotopic (exact) mass is 291 g/mol. The van der Waals surface area contributed by atoms with Gasteiger partial charge in [-0.3, -0.25) is 14.9 Å². The van der Waals surface area contributed by atoms with Crippen LogP contribution in [0, 0.1) is 17.0 Å². The molecule has 1 heterocycles. The first kappa shape index (κ1) is 14.0. The van der Waals surface area contributed by atoms with Gasteiger partial charge in [0.05, 0.1) is 4.92 Å². The number of hydrogen-bond acceptors (Lipinski definition) is 4. The van der Waals surface area contributed by atoms with Crippen molar-refractivity contribution in [3.63, 3.8) is 0 Å². The van der Waals surface area contributed by atoms with E-state index in [0.717, 1.165) is 11.6 Å². The van der Waals surface area contributed by atoms with Gasteiger partial charge in [0.15, 0.2) is 0 Å². The smallest absolute Gasteiger partial charge is 0.288 e. The van der Waals surface area contributed by atoms with Crippen LogP contribution in [0.4, 0.5) is 11.5 Å². The van der Waals surface area contributed by atoms with Gasteiger partial charge in [0.2, 0.25) is 0 Å². The molecule has 102 valence electrons. The molecule has 2 rings (SSSR count). The van der Waals surface area contributed by atoms with Gasteiger partial charge < -0.3 is 5.32 Å². The predicted octanol–water partition coefficient (Wildman–Crippen LogP) is 3.20. The number of rotatable bonds is 3. The molecule has 0 aliphatic rings. The van der Waals surface area contributed by atoms with Crippen LogP contribution in [0.3, 0.4) is 0 Å². The number of nitro benzene ring substituents is 1. The van der Waals surface area contributed by atoms with Gasteiger partial charge in [0.25, 0.3) is 11.6 Å². The number of pyridine rings is 1. The molecule has 6 nitrogen and oxygen atoms in total. The Balaban J connectivity index is 2.23. The number of benzene rings is 1. The molecule has 0 fully saturated rings. The third kappa shape index (κ3) is 3.10. The van der Waals surface area contributed by atoms with Crippen LogP contribution in [0.5, 0.6) is 0 Å². The first-order valence-electron chi connectivity index (χ1n) is 5.65. The van der Waals surface area contributed by atoms with Gasteiger partial charge in [-0.2, -0.15) is 0 Å². The molecule has 0 atom stereocenters. The number of nitrogens with zero attached hydrogens (tertiary/aromatic N) is 2. The molecule has 2 aromatic rings. The van der Waals surface area contributed by atoms with Gasteiger partial charge in [-0.25, -0.2) is 4.98 Å². The maximum absolute atomic E-state index is 12.0. The van der Waals surface area contributed by atoms with Crippen molar-refractivity contribution < 1.29 is 9.72 Å². The summed E-state index contributed by atoms with van der Waals surface area (Å²) < 4.78 is 0. The number of nitrogens with one attached hydrogen (secondary N) is 1. The summed E-state index contributed by atoms with van der Waals surface area (Å²) in [6.45, 7) is 1.88. The molecule has 0 radical (unpaired) electrons. The molecule has 1 N–H and O–H groups in total. The second-order valence-electron chi connectivity index (χ2n) is 4.10. The van der Waals surface area contributed by atoms with Crippen molar-refractivity contribution >= 4 is 29.0 Å². The molecule has 0 bridgehead atoms. The Morgan fingerprint density at radius 1 is 1.35 bits per heavy atom. The molecule has 1 aromatic carbocycles. The number of amides is 1. The van der Waals surface area contributed by atoms with Crippen LogP contribution >= 0.6 is 11.6 Å². The van der Waals surface area contributed by atoms with E-state index in [1.165, 1.54) is 12.1 Å². The molecule has 1 amide bonds. The second kappa shape index (κ2) is 5.66. The van der Waals surface area contributed by atoms with Crippen molar-refractivity contribution in [1.29, 1.82) is 0 Å². The van der Waals surface area contributed by atoms with Crippen LogP contribution in [0.15, 0.2) is 36.5 Å². The lowest BCUT2D eigenvalue weighted by atomic mass is 10.2. The Bertz CT molecular complexity index is 671. The van der Waals surface area contributed by atoms with Gasteiger partial charge in [-0.15, -0.1) is 0 Å². The predicted molar refractivity (Wildman–Crippen MR) is 75.0 cm³/mol. The summed E-state index contributed by atoms with van der Waals surface area (Å²) in [5.74, 6) is -0.112. The van der Waals surface area contributed by atoms with Crippen molar-refractivity contribution in [3.8, 4) is 0 Å². The van der Waals surface area contributed by atoms with Gasteiger partial charge in [0.1, 0.15) is 10.8 Å². The fourth-order valence-electron chi connectivity index (χ4n) is 1.52. The maximum Gasteiger partial charge on any atom is 0.288 e. The topological polar surface area (TPSA) is 85.1 Å². The van der Waals surface area contributed by atoms with Crippen molar-refractivity contribution in [1.82, 2.24) is 4.98 Å². The third-order valence-corrected chi connectivity index (χ3v) is 2.88. The van der Waals surface area contributed by atoms with E-state index in [0.29, 0.717) is 5.82 Å². The van der Waals surface area contributed by atoms with Gasteiger partial charge in [-0.05, 0) is 30.7 Å². The van der Waals surface area contributed by atoms with Crippen LogP contribution in [0.1, 0.15) is 15.9 Å². The minimum atomic E-state index is -0.636. The second-order valence-corrected chi connectivity index (χ2v) is 4.51. The molecule has 7 heteroatoms. The van der Waals surface area contributed by atoms with Crippen LogP contribution in [0.2, 0.25) is 5.02 Å². The van der Waals surface area contributed by atoms with Gasteiger partial charge >= 0.3 is 0 Å². The van der Waals surface area contributed by atoms with E-state index in [9.17, 15) is 14.9 Å². The minimum Gasteiger partial charge on any atom is -0.307 e. The summed E-state index contributed by atoms with van der Waals surface area (Å²) in [4.78, 5) is 26.1. The zero-order valence-electron chi connectivity index (χ0n) is 10.5. The molecule has 20 heavy (non-hydrogen) atoms. The summed E-state index contributed by atoms with van der Waals surface area (Å²) >= 11 is 5.69. The molecule has 0 aliphatic heterocycles. The highest BCUT2D eigenvalue weighted by atomic mass is 35.5. The fraction of sp³-hybridized carbons (Fsp3) is 0.0769. The zero-order chi connectivity index (χ0) is 14.7. The summed E-state index contributed by atoms with van der Waals surface area (Å²) in [6, 6.07) is 7.31. The lowest BCUT2D eigenvalue weighted by Gasteiger charge is -2.05. The highest BCUT2D eigenvalue weighted by Gasteiger charge is 2.16. The Labute approximate surface area is 119 Å². The van der Waals surface area contributed by atoms with Crippen molar-refractivity contribution in [2.24, 2.45) is 0 Å². The number of aryl methyl sites for hydroxylation is 1. The van der Waals surface area contributed by atoms with E-state index in [-0.39, 0.29) is 16.3 Å². The number of hydrogen-bond donors (Lipinski definition) is 1. The average molecular weight is 292 g/mol. The quantitative estimate of drug-likeness (QED) is 0.695. The summed E-state index contributed by atoms with van der Waals surface area (Å²) in [5, 5.41) is 13.3. The molecular formula is C13H10ClN3O3. The summed E-state index contributed by atoms with van der Waals surface area (Å²) in [6.07, 6.45) is 1.61. The number of carbonyl (C=O) groups is 1. The van der Waals surface area contributed by atoms with E-state index in [1.807, 2.05) is 6.92 Å². The largest absolute Gasteiger partial charge is 0.307 e. The van der Waals surface area contributed by atoms with Gasteiger partial charge in [-0.1, -0.05) is 17.7 Å². The van der Waals surface area contributed by atoms with Gasteiger partial charge in [0, 0.05) is 17.8 Å². The SMILES string of the molecule is Cc1ccc(NC(=O)c2ccc(Cl)c([N+](=O)[O-])c2)nc1. The lowest BCUT2D eigenvalue weighted by Crippen LogP contribution is -2.13. The third-order valence-electron chi connectivity index (χ3n) is 2.56. The van der Waals surface area contributed by atoms with Crippen LogP contribution in [-0.4, -0.2) is 15.8 Å². The Kier molecular flexibility index (Phi) is 3.95. The first-order valence-corrected chi connectivity index (χ1v) is 6.03. The number of nitro groups is 1. The van der Waals surface area contributed by atoms with E-state index in [1.54, 1.807) is 18.3 Å². The minimum absolute atomic E-state index is 0.0139. The van der Waals surface area contributed by atoms with Crippen LogP contribution < -0.4 is 5.32 Å². The lowest BCUT2D eigenvalue weighted by molar-refractivity contribution is -0.384. The first-order chi connectivity index (χ1) is 9.47. The van der Waals surface area contributed by atoms with Crippen LogP contribution in [0.25, 0.3) is 0 Å². The van der Waals surface area contributed by atoms with E-state index in [4.69, 9.17) is 11.6 Å². The van der Waals surface area contributed by atoms with Crippen LogP contribution in [-0.2, 0) is 0 Å². The molecule has 0 unspecified atom stereocenters. The van der Waals surface area contributed by atoms with E-state index >= 15 is 0 Å². The number of halogens is 1. The molecule has 0 saturated carbocycles. The highest BCUT2D eigenvalue weighted by Crippen LogP contribution is 2.25.